The first-order valence-corrected chi connectivity index (χ1v) is 6.05. The van der Waals surface area contributed by atoms with Crippen molar-refractivity contribution in [3.8, 4) is 0 Å². The fraction of sp³-hybridized carbons (Fsp3) is 0.571. The second-order valence-corrected chi connectivity index (χ2v) is 4.67. The molecule has 0 heterocycles. The summed E-state index contributed by atoms with van der Waals surface area (Å²) in [5, 5.41) is 10.8. The first-order valence-electron chi connectivity index (χ1n) is 6.05. The predicted octanol–water partition coefficient (Wildman–Crippen LogP) is 3.47. The van der Waals surface area contributed by atoms with E-state index >= 15 is 0 Å². The minimum Gasteiger partial charge on any atom is -0.385 e. The Balaban J connectivity index is 2.25. The van der Waals surface area contributed by atoms with Gasteiger partial charge in [-0.05, 0) is 30.7 Å². The third-order valence-electron chi connectivity index (χ3n) is 3.69. The van der Waals surface area contributed by atoms with E-state index in [2.05, 4.69) is 19.1 Å². The van der Waals surface area contributed by atoms with Gasteiger partial charge in [0.15, 0.2) is 0 Å². The lowest BCUT2D eigenvalue weighted by molar-refractivity contribution is -0.0637. The summed E-state index contributed by atoms with van der Waals surface area (Å²) in [6.07, 6.45) is 5.59. The largest absolute Gasteiger partial charge is 0.385 e. The van der Waals surface area contributed by atoms with Crippen molar-refractivity contribution in [2.45, 2.75) is 44.6 Å². The van der Waals surface area contributed by atoms with Crippen molar-refractivity contribution in [3.63, 3.8) is 0 Å². The molecule has 1 aromatic rings. The number of rotatable bonds is 4. The van der Waals surface area contributed by atoms with Gasteiger partial charge in [-0.3, -0.25) is 0 Å². The molecule has 1 N–H and O–H groups in total. The Bertz CT molecular complexity index is 302. The highest BCUT2D eigenvalue weighted by molar-refractivity contribution is 5.23. The summed E-state index contributed by atoms with van der Waals surface area (Å²) < 4.78 is 0. The minimum absolute atomic E-state index is 0.486. The standard InChI is InChI=1S/C14H20O/c1-2-11-14(15,13-9-6-10-13)12-7-4-3-5-8-12/h3-5,7-8,13,15H,2,6,9-11H2,1H3. The molecule has 1 nitrogen and oxygen atoms in total. The van der Waals surface area contributed by atoms with Crippen LogP contribution in [0.15, 0.2) is 30.3 Å². The normalized spacial score (nSPS) is 20.7. The summed E-state index contributed by atoms with van der Waals surface area (Å²) in [5.41, 5.74) is 0.547. The van der Waals surface area contributed by atoms with E-state index in [0.29, 0.717) is 5.92 Å². The molecule has 2 rings (SSSR count). The zero-order chi connectivity index (χ0) is 10.7. The van der Waals surface area contributed by atoms with Crippen molar-refractivity contribution in [2.75, 3.05) is 0 Å². The SMILES string of the molecule is CCCC(O)(c1ccccc1)C1CCC1. The molecule has 82 valence electrons. The molecule has 0 spiro atoms. The van der Waals surface area contributed by atoms with Crippen molar-refractivity contribution in [3.05, 3.63) is 35.9 Å². The zero-order valence-electron chi connectivity index (χ0n) is 9.45. The molecule has 1 aromatic carbocycles. The van der Waals surface area contributed by atoms with Crippen LogP contribution in [0.25, 0.3) is 0 Å². The van der Waals surface area contributed by atoms with Crippen LogP contribution < -0.4 is 0 Å². The van der Waals surface area contributed by atoms with Crippen molar-refractivity contribution < 1.29 is 5.11 Å². The van der Waals surface area contributed by atoms with Gasteiger partial charge in [-0.15, -0.1) is 0 Å². The molecule has 1 saturated carbocycles. The van der Waals surface area contributed by atoms with Gasteiger partial charge >= 0.3 is 0 Å². The van der Waals surface area contributed by atoms with Gasteiger partial charge in [0.25, 0.3) is 0 Å². The van der Waals surface area contributed by atoms with Crippen molar-refractivity contribution >= 4 is 0 Å². The molecular formula is C14H20O. The van der Waals surface area contributed by atoms with Gasteiger partial charge in [0, 0.05) is 0 Å². The summed E-state index contributed by atoms with van der Waals surface area (Å²) >= 11 is 0. The Morgan fingerprint density at radius 1 is 1.27 bits per heavy atom. The summed E-state index contributed by atoms with van der Waals surface area (Å²) in [6, 6.07) is 10.2. The van der Waals surface area contributed by atoms with E-state index in [1.165, 1.54) is 19.3 Å². The second kappa shape index (κ2) is 4.36. The summed E-state index contributed by atoms with van der Waals surface area (Å²) in [5.74, 6) is 0.486. The van der Waals surface area contributed by atoms with Crippen LogP contribution in [0, 0.1) is 5.92 Å². The van der Waals surface area contributed by atoms with Crippen molar-refractivity contribution in [1.29, 1.82) is 0 Å². The van der Waals surface area contributed by atoms with E-state index in [9.17, 15) is 5.11 Å². The first kappa shape index (κ1) is 10.7. The van der Waals surface area contributed by atoms with Gasteiger partial charge in [-0.2, -0.15) is 0 Å². The molecule has 0 aromatic heterocycles. The maximum atomic E-state index is 10.8. The maximum absolute atomic E-state index is 10.8. The van der Waals surface area contributed by atoms with Crippen LogP contribution in [0.4, 0.5) is 0 Å². The Morgan fingerprint density at radius 3 is 2.40 bits per heavy atom. The average molecular weight is 204 g/mol. The smallest absolute Gasteiger partial charge is 0.0924 e. The highest BCUT2D eigenvalue weighted by Gasteiger charge is 2.40. The first-order chi connectivity index (χ1) is 7.27. The quantitative estimate of drug-likeness (QED) is 0.796. The molecule has 0 amide bonds. The lowest BCUT2D eigenvalue weighted by atomic mass is 9.68. The van der Waals surface area contributed by atoms with Gasteiger partial charge in [0.05, 0.1) is 5.60 Å². The molecule has 1 aliphatic rings. The molecule has 0 saturated heterocycles. The van der Waals surface area contributed by atoms with Crippen LogP contribution in [-0.4, -0.2) is 5.11 Å². The fourth-order valence-electron chi connectivity index (χ4n) is 2.58. The molecule has 1 fully saturated rings. The van der Waals surface area contributed by atoms with Gasteiger partial charge in [-0.25, -0.2) is 0 Å². The van der Waals surface area contributed by atoms with Crippen LogP contribution >= 0.6 is 0 Å². The molecule has 0 radical (unpaired) electrons. The van der Waals surface area contributed by atoms with Crippen LogP contribution in [0.2, 0.25) is 0 Å². The van der Waals surface area contributed by atoms with Gasteiger partial charge in [0.2, 0.25) is 0 Å². The summed E-state index contributed by atoms with van der Waals surface area (Å²) in [4.78, 5) is 0. The number of hydrogen-bond acceptors (Lipinski definition) is 1. The minimum atomic E-state index is -0.561. The Labute approximate surface area is 92.1 Å². The van der Waals surface area contributed by atoms with Gasteiger partial charge < -0.3 is 5.11 Å². The van der Waals surface area contributed by atoms with Gasteiger partial charge in [0.1, 0.15) is 0 Å². The lowest BCUT2D eigenvalue weighted by Crippen LogP contribution is -2.39. The molecule has 1 aliphatic carbocycles. The average Bonchev–Trinajstić information content (AvgIpc) is 2.17. The summed E-state index contributed by atoms with van der Waals surface area (Å²) in [6.45, 7) is 2.15. The predicted molar refractivity (Wildman–Crippen MR) is 62.6 cm³/mol. The number of hydrogen-bond donors (Lipinski definition) is 1. The van der Waals surface area contributed by atoms with Crippen LogP contribution in [-0.2, 0) is 5.60 Å². The van der Waals surface area contributed by atoms with E-state index in [1.54, 1.807) is 0 Å². The third kappa shape index (κ3) is 1.93. The Kier molecular flexibility index (Phi) is 3.11. The number of aliphatic hydroxyl groups is 1. The number of benzene rings is 1. The van der Waals surface area contributed by atoms with Crippen LogP contribution in [0.1, 0.15) is 44.6 Å². The van der Waals surface area contributed by atoms with E-state index in [1.807, 2.05) is 18.2 Å². The molecular weight excluding hydrogens is 184 g/mol. The molecule has 1 heteroatoms. The molecule has 1 atom stereocenters. The fourth-order valence-corrected chi connectivity index (χ4v) is 2.58. The maximum Gasteiger partial charge on any atom is 0.0924 e. The van der Waals surface area contributed by atoms with Gasteiger partial charge in [-0.1, -0.05) is 50.1 Å². The van der Waals surface area contributed by atoms with Crippen LogP contribution in [0.3, 0.4) is 0 Å². The molecule has 1 unspecified atom stereocenters. The highest BCUT2D eigenvalue weighted by Crippen LogP contribution is 2.44. The van der Waals surface area contributed by atoms with Crippen molar-refractivity contribution in [2.24, 2.45) is 5.92 Å². The second-order valence-electron chi connectivity index (χ2n) is 4.67. The zero-order valence-corrected chi connectivity index (χ0v) is 9.45. The molecule has 0 bridgehead atoms. The molecule has 0 aliphatic heterocycles. The Hall–Kier alpha value is -0.820. The monoisotopic (exact) mass is 204 g/mol. The van der Waals surface area contributed by atoms with E-state index in [-0.39, 0.29) is 0 Å². The van der Waals surface area contributed by atoms with Crippen LogP contribution in [0.5, 0.6) is 0 Å². The molecule has 15 heavy (non-hydrogen) atoms. The Morgan fingerprint density at radius 2 is 1.93 bits per heavy atom. The third-order valence-corrected chi connectivity index (χ3v) is 3.69. The summed E-state index contributed by atoms with van der Waals surface area (Å²) in [7, 11) is 0. The highest BCUT2D eigenvalue weighted by atomic mass is 16.3. The van der Waals surface area contributed by atoms with E-state index in [4.69, 9.17) is 0 Å². The van der Waals surface area contributed by atoms with E-state index in [0.717, 1.165) is 18.4 Å². The van der Waals surface area contributed by atoms with Crippen molar-refractivity contribution in [1.82, 2.24) is 0 Å². The topological polar surface area (TPSA) is 20.2 Å². The van der Waals surface area contributed by atoms with E-state index < -0.39 is 5.60 Å². The lowest BCUT2D eigenvalue weighted by Gasteiger charge is -2.42.